The Bertz CT molecular complexity index is 2980. The van der Waals surface area contributed by atoms with Crippen LogP contribution in [0.5, 0.6) is 0 Å². The molecular weight excluding hydrogens is 1800 g/mol. The van der Waals surface area contributed by atoms with Crippen molar-refractivity contribution in [2.24, 2.45) is 0 Å². The summed E-state index contributed by atoms with van der Waals surface area (Å²) >= 11 is 8.30. The van der Waals surface area contributed by atoms with Gasteiger partial charge in [-0.3, -0.25) is 16.2 Å². The first kappa shape index (κ1) is 114. The molecule has 9 unspecified atom stereocenters. The van der Waals surface area contributed by atoms with Gasteiger partial charge >= 0.3 is 23.1 Å². The maximum Gasteiger partial charge on any atom is 2.00 e. The molecule has 0 spiro atoms. The standard InChI is InChI=1S/C16H32O6Si.C16H30O6Si.C13H22O6.C12H20O6.C10H18O6.C6H15ClSi.C2H4O2.C2H3.CH3I.BrH.Mg/c2*1-15(2,3)23(7,8)19-9-10(17)11-12(18-6)13-14(20-11)22-16(4,5)21-13;1-12(2)15-6-7(17-12)8-9(14-5)10-11(16-8)19-13(3,4)18-10;1-11(2)14-5-6(16-11)8-7(13)9-10(15-8)18-12(3,4)17-9;1-10(2)15-8-7(13-3)6(5(12)4-11)14-9(8)16-10;1-6(2,3)8(4,5)7;1-2(3)4;2*1-2;;/h10-14,17H,9H2,1-8H3;11-14H,9H2,1-8H3;7-11H,6H2,1-5H3;6-10,13H,5H2,1-4H3;5-9,11-12H,4H2,1-3H3;1-5H3;1H3,(H,3,4);1H,2H2;1H3;1H;/q;;;;;;;-1;;;+2/p-1/t10?,11-,12-,13?,14-;11-,12-,13?,14-;7?,8-,9-,10?,11-;6?,7-,8-,9?,10-;5?,6-,7-,8?,9-;;;;;;/m11111....../s1. The summed E-state index contributed by atoms with van der Waals surface area (Å²) in [7, 11) is 1.03. The fourth-order valence-corrected chi connectivity index (χ4v) is 15.0. The van der Waals surface area contributed by atoms with E-state index in [0.717, 1.165) is 6.92 Å². The third kappa shape index (κ3) is 31.2. The quantitative estimate of drug-likeness (QED) is 0.0342. The summed E-state index contributed by atoms with van der Waals surface area (Å²) in [5, 5.41) is 47.2. The van der Waals surface area contributed by atoms with Crippen molar-refractivity contribution in [2.45, 2.75) is 409 Å². The number of halogens is 3. The van der Waals surface area contributed by atoms with Crippen molar-refractivity contribution in [3.8, 4) is 0 Å². The van der Waals surface area contributed by atoms with Crippen LogP contribution in [0.2, 0.25) is 54.4 Å². The zero-order valence-electron chi connectivity index (χ0n) is 76.3. The summed E-state index contributed by atoms with van der Waals surface area (Å²) in [5.41, 5.74) is 0. The van der Waals surface area contributed by atoms with Crippen molar-refractivity contribution < 1.29 is 170 Å². The zero-order valence-corrected chi connectivity index (χ0v) is 85.2. The van der Waals surface area contributed by atoms with E-state index in [1.807, 2.05) is 74.2 Å². The van der Waals surface area contributed by atoms with Crippen LogP contribution in [-0.4, -0.2) is 339 Å². The van der Waals surface area contributed by atoms with Crippen molar-refractivity contribution in [3.63, 3.8) is 0 Å². The van der Waals surface area contributed by atoms with Crippen LogP contribution < -0.4 is 17.0 Å². The molecule has 0 saturated carbocycles. The second-order valence-corrected chi connectivity index (χ2v) is 54.4. The van der Waals surface area contributed by atoms with Gasteiger partial charge in [-0.05, 0) is 143 Å². The van der Waals surface area contributed by atoms with Crippen LogP contribution in [0.15, 0.2) is 6.58 Å². The number of hydrogen-bond acceptors (Lipinski definition) is 31. The van der Waals surface area contributed by atoms with Gasteiger partial charge in [0.25, 0.3) is 5.97 Å². The molecule has 0 bridgehead atoms. The number of methoxy groups -OCH3 is 4. The van der Waals surface area contributed by atoms with E-state index in [1.165, 1.54) is 7.11 Å². The number of carboxylic acid groups (broad SMARTS) is 1. The molecule has 24 atom stereocenters. The Labute approximate surface area is 745 Å². The third-order valence-corrected chi connectivity index (χ3v) is 36.1. The van der Waals surface area contributed by atoms with Gasteiger partial charge in [-0.1, -0.05) is 98.0 Å². The van der Waals surface area contributed by atoms with E-state index in [0.29, 0.717) is 18.3 Å². The number of carboxylic acids is 1. The number of Topliss-reactive ketones (excluding diaryl/α,β-unsaturated/α-hetero) is 1. The molecule has 0 amide bonds. The van der Waals surface area contributed by atoms with Crippen LogP contribution in [0.3, 0.4) is 0 Å². The van der Waals surface area contributed by atoms with E-state index in [1.54, 1.807) is 49.0 Å². The number of hydrogen-bond donors (Lipinski definition) is 5. The van der Waals surface area contributed by atoms with Gasteiger partial charge in [-0.15, -0.1) is 0 Å². The molecule has 0 radical (unpaired) electrons. The number of ether oxygens (including phenoxy) is 23. The summed E-state index contributed by atoms with van der Waals surface area (Å²) in [6, 6.07) is 0. The number of rotatable bonds is 16. The van der Waals surface area contributed by atoms with Crippen LogP contribution in [0.4, 0.5) is 0 Å². The third-order valence-electron chi connectivity index (χ3n) is 21.9. The summed E-state index contributed by atoms with van der Waals surface area (Å²) < 4.78 is 142. The maximum absolute atomic E-state index is 12.6. The predicted octanol–water partition coefficient (Wildman–Crippen LogP) is 6.97. The fraction of sp³-hybridized carbons (Fsp3) is 0.949. The number of fused-ring (bicyclic) bond motifs is 5. The molecule has 12 saturated heterocycles. The molecule has 0 aromatic rings. The van der Waals surface area contributed by atoms with Crippen molar-refractivity contribution in [1.29, 1.82) is 0 Å². The van der Waals surface area contributed by atoms with E-state index >= 15 is 0 Å². The number of alkyl halides is 1. The molecule has 39 heteroatoms. The molecule has 0 aromatic heterocycles. The molecule has 12 fully saturated rings. The average Bonchev–Trinajstić information content (AvgIpc) is 1.61. The molecule has 32 nitrogen and oxygen atoms in total. The number of aliphatic hydroxyl groups is 4. The van der Waals surface area contributed by atoms with Gasteiger partial charge in [0.05, 0.1) is 33.0 Å². The number of carbonyl (C=O) groups excluding carboxylic acids is 1. The van der Waals surface area contributed by atoms with Gasteiger partial charge in [0, 0.05) is 35.4 Å². The van der Waals surface area contributed by atoms with E-state index in [9.17, 15) is 20.1 Å². The first-order valence-electron chi connectivity index (χ1n) is 39.2. The number of aliphatic carboxylic acids is 1. The summed E-state index contributed by atoms with van der Waals surface area (Å²) in [6.45, 7) is 67.0. The van der Waals surface area contributed by atoms with Gasteiger partial charge in [0.2, 0.25) is 0 Å². The number of aliphatic hydroxyl groups excluding tert-OH is 4. The van der Waals surface area contributed by atoms with Crippen LogP contribution in [0, 0.1) is 6.58 Å². The van der Waals surface area contributed by atoms with Crippen molar-refractivity contribution >= 4 is 92.5 Å². The first-order chi connectivity index (χ1) is 52.3. The molecule has 686 valence electrons. The Balaban J connectivity index is 0.000000473. The van der Waals surface area contributed by atoms with E-state index in [4.69, 9.17) is 144 Å². The van der Waals surface area contributed by atoms with Crippen LogP contribution >= 0.6 is 33.7 Å². The first-order valence-corrected chi connectivity index (χ1v) is 51.2. The second-order valence-electron chi connectivity index (χ2n) is 37.5. The Morgan fingerprint density at radius 1 is 0.470 bits per heavy atom. The Morgan fingerprint density at radius 3 is 1.08 bits per heavy atom. The normalized spacial score (nSPS) is 36.1. The van der Waals surface area contributed by atoms with E-state index in [2.05, 4.69) is 137 Å². The van der Waals surface area contributed by atoms with E-state index < -0.39 is 169 Å². The molecule has 117 heavy (non-hydrogen) atoms. The molecule has 12 rings (SSSR count). The zero-order chi connectivity index (χ0) is 88.7. The predicted molar refractivity (Wildman–Crippen MR) is 445 cm³/mol. The van der Waals surface area contributed by atoms with Gasteiger partial charge in [0.1, 0.15) is 110 Å². The van der Waals surface area contributed by atoms with Gasteiger partial charge in [-0.25, -0.2) is 0 Å². The minimum absolute atomic E-state index is 0. The van der Waals surface area contributed by atoms with Crippen LogP contribution in [0.1, 0.15) is 166 Å². The molecule has 12 heterocycles. The minimum atomic E-state index is -1.98. The van der Waals surface area contributed by atoms with Crippen LogP contribution in [0.25, 0.3) is 0 Å². The fourth-order valence-electron chi connectivity index (χ4n) is 13.1. The Kier molecular flexibility index (Phi) is 43.5. The molecule has 0 aromatic carbocycles. The largest absolute Gasteiger partial charge is 2.00 e. The van der Waals surface area contributed by atoms with Crippen molar-refractivity contribution in [3.05, 3.63) is 13.2 Å². The van der Waals surface area contributed by atoms with Crippen molar-refractivity contribution in [1.82, 2.24) is 0 Å². The summed E-state index contributed by atoms with van der Waals surface area (Å²) in [4.78, 5) is 23.5. The molecule has 5 N–H and O–H groups in total. The molecule has 12 aliphatic rings. The minimum Gasteiger partial charge on any atom is -1.00 e. The summed E-state index contributed by atoms with van der Waals surface area (Å²) in [5.74, 6) is -5.64. The van der Waals surface area contributed by atoms with Crippen molar-refractivity contribution in [2.75, 3.05) is 66.4 Å². The molecular formula is C78H147BrClIMgO32Si3. The SMILES string of the molecule is CC(=O)O.CC(C)(C)[Si](C)(C)Cl.CC1(C)OCC([C@H]2O[C@@H]3OC(C)(C)OC3[C@@H]2O)O1.CI.CO[C@H]1C2OC(C)(C)O[C@H]2O[C@@H]1C(=O)CO[Si](C)(C)C(C)(C)C.CO[C@H]1C2OC(C)(C)O[C@H]2O[C@@H]1C(O)CO.CO[C@H]1C2OC(C)(C)O[C@H]2O[C@@H]1C(O)CO[Si](C)(C)C(C)(C)C.CO[C@H]1C2OC(C)(C)O[C@H]2O[C@@H]1C1COC(C)(C)O1.[Br-].[CH-]=C.[Mg+2]. The maximum atomic E-state index is 12.6. The Morgan fingerprint density at radius 2 is 0.761 bits per heavy atom. The van der Waals surface area contributed by atoms with Gasteiger partial charge < -0.3 is 167 Å². The monoisotopic (exact) mass is 1940 g/mol. The second kappa shape index (κ2) is 44.8. The smallest absolute Gasteiger partial charge is 1.00 e. The Hall–Kier alpha value is 0.637. The van der Waals surface area contributed by atoms with Gasteiger partial charge in [0.15, 0.2) is 108 Å². The molecule has 12 aliphatic heterocycles. The summed E-state index contributed by atoms with van der Waals surface area (Å²) in [6.07, 6.45) is -11.4. The number of ketones is 1. The van der Waals surface area contributed by atoms with Gasteiger partial charge in [-0.2, -0.15) is 11.1 Å². The van der Waals surface area contributed by atoms with E-state index in [-0.39, 0.29) is 125 Å². The molecule has 0 aliphatic carbocycles. The van der Waals surface area contributed by atoms with Crippen LogP contribution in [-0.2, 0) is 127 Å². The topological polar surface area (TPSA) is 366 Å². The number of carbonyl (C=O) groups is 2. The average molecular weight is 1950 g/mol.